The number of anilines is 1. The molecule has 0 atom stereocenters. The van der Waals surface area contributed by atoms with Gasteiger partial charge in [-0.05, 0) is 43.2 Å². The molecule has 0 aliphatic heterocycles. The molecule has 0 unspecified atom stereocenters. The van der Waals surface area contributed by atoms with Gasteiger partial charge in [-0.3, -0.25) is 4.79 Å². The number of carbonyl (C=O) groups excluding carboxylic acids is 2. The van der Waals surface area contributed by atoms with E-state index < -0.39 is 5.97 Å². The normalized spacial score (nSPS) is 10.1. The molecule has 0 aliphatic carbocycles. The van der Waals surface area contributed by atoms with Crippen molar-refractivity contribution in [2.24, 2.45) is 0 Å². The average Bonchev–Trinajstić information content (AvgIpc) is 2.50. The lowest BCUT2D eigenvalue weighted by Crippen LogP contribution is -2.15. The largest absolute Gasteiger partial charge is 0.462 e. The fraction of sp³-hybridized carbons (Fsp3) is 0.222. The third kappa shape index (κ3) is 4.19. The van der Waals surface area contributed by atoms with Crippen LogP contribution in [0, 0.1) is 6.92 Å². The van der Waals surface area contributed by atoms with Gasteiger partial charge in [-0.1, -0.05) is 30.3 Å². The Bertz CT molecular complexity index is 680. The molecule has 4 heteroatoms. The van der Waals surface area contributed by atoms with Crippen molar-refractivity contribution in [1.82, 2.24) is 0 Å². The van der Waals surface area contributed by atoms with Gasteiger partial charge in [0.05, 0.1) is 18.6 Å². The number of carbonyl (C=O) groups is 2. The zero-order valence-corrected chi connectivity index (χ0v) is 12.8. The minimum atomic E-state index is -0.391. The van der Waals surface area contributed by atoms with Gasteiger partial charge in [-0.25, -0.2) is 4.79 Å². The summed E-state index contributed by atoms with van der Waals surface area (Å²) in [5.74, 6) is -0.507. The fourth-order valence-corrected chi connectivity index (χ4v) is 2.12. The summed E-state index contributed by atoms with van der Waals surface area (Å²) in [6.45, 7) is 4.05. The van der Waals surface area contributed by atoms with Crippen LogP contribution in [-0.4, -0.2) is 18.5 Å². The van der Waals surface area contributed by atoms with Crippen LogP contribution in [0.25, 0.3) is 0 Å². The Kier molecular flexibility index (Phi) is 5.31. The Hall–Kier alpha value is -2.62. The maximum Gasteiger partial charge on any atom is 0.338 e. The highest BCUT2D eigenvalue weighted by molar-refractivity contribution is 5.95. The predicted octanol–water partition coefficient (Wildman–Crippen LogP) is 3.35. The minimum absolute atomic E-state index is 0.115. The van der Waals surface area contributed by atoms with Crippen molar-refractivity contribution in [2.45, 2.75) is 20.3 Å². The molecule has 0 spiro atoms. The maximum absolute atomic E-state index is 12.1. The Labute approximate surface area is 130 Å². The van der Waals surface area contributed by atoms with E-state index in [2.05, 4.69) is 5.32 Å². The van der Waals surface area contributed by atoms with E-state index in [1.807, 2.05) is 31.2 Å². The number of esters is 1. The summed E-state index contributed by atoms with van der Waals surface area (Å²) in [6, 6.07) is 14.5. The Morgan fingerprint density at radius 3 is 2.59 bits per heavy atom. The van der Waals surface area contributed by atoms with Gasteiger partial charge in [0.25, 0.3) is 0 Å². The van der Waals surface area contributed by atoms with Gasteiger partial charge >= 0.3 is 5.97 Å². The van der Waals surface area contributed by atoms with E-state index in [4.69, 9.17) is 4.74 Å². The number of nitrogens with one attached hydrogen (secondary N) is 1. The monoisotopic (exact) mass is 297 g/mol. The third-order valence-corrected chi connectivity index (χ3v) is 3.27. The summed E-state index contributed by atoms with van der Waals surface area (Å²) < 4.78 is 4.95. The first-order valence-corrected chi connectivity index (χ1v) is 7.21. The SMILES string of the molecule is CCOC(=O)c1cccc(NC(=O)Cc2ccccc2C)c1. The standard InChI is InChI=1S/C18H19NO3/c1-3-22-18(21)15-9-6-10-16(11-15)19-17(20)12-14-8-5-4-7-13(14)2/h4-11H,3,12H2,1-2H3,(H,19,20). The molecule has 0 aliphatic rings. The first-order valence-electron chi connectivity index (χ1n) is 7.21. The summed E-state index contributed by atoms with van der Waals surface area (Å²) in [5, 5.41) is 2.81. The molecule has 2 aromatic rings. The lowest BCUT2D eigenvalue weighted by atomic mass is 10.1. The van der Waals surface area contributed by atoms with Crippen molar-refractivity contribution in [3.8, 4) is 0 Å². The van der Waals surface area contributed by atoms with Crippen LogP contribution in [0.3, 0.4) is 0 Å². The topological polar surface area (TPSA) is 55.4 Å². The van der Waals surface area contributed by atoms with Crippen LogP contribution >= 0.6 is 0 Å². The van der Waals surface area contributed by atoms with Gasteiger partial charge in [0, 0.05) is 5.69 Å². The Morgan fingerprint density at radius 2 is 1.86 bits per heavy atom. The second kappa shape index (κ2) is 7.41. The molecule has 0 radical (unpaired) electrons. The molecular weight excluding hydrogens is 278 g/mol. The van der Waals surface area contributed by atoms with Crippen LogP contribution in [0.4, 0.5) is 5.69 Å². The van der Waals surface area contributed by atoms with E-state index in [-0.39, 0.29) is 5.91 Å². The fourth-order valence-electron chi connectivity index (χ4n) is 2.12. The average molecular weight is 297 g/mol. The molecule has 2 rings (SSSR count). The molecule has 0 fully saturated rings. The van der Waals surface area contributed by atoms with Crippen LogP contribution in [0.2, 0.25) is 0 Å². The molecule has 114 valence electrons. The van der Waals surface area contributed by atoms with Gasteiger partial charge < -0.3 is 10.1 Å². The van der Waals surface area contributed by atoms with Gasteiger partial charge in [0.15, 0.2) is 0 Å². The quantitative estimate of drug-likeness (QED) is 0.861. The lowest BCUT2D eigenvalue weighted by Gasteiger charge is -2.08. The van der Waals surface area contributed by atoms with Crippen molar-refractivity contribution >= 4 is 17.6 Å². The number of hydrogen-bond donors (Lipinski definition) is 1. The molecule has 1 amide bonds. The molecule has 0 bridgehead atoms. The van der Waals surface area contributed by atoms with E-state index in [1.54, 1.807) is 31.2 Å². The van der Waals surface area contributed by atoms with E-state index in [1.165, 1.54) is 0 Å². The highest BCUT2D eigenvalue weighted by atomic mass is 16.5. The number of amides is 1. The van der Waals surface area contributed by atoms with E-state index in [9.17, 15) is 9.59 Å². The van der Waals surface area contributed by atoms with Crippen molar-refractivity contribution in [2.75, 3.05) is 11.9 Å². The second-order valence-corrected chi connectivity index (χ2v) is 4.95. The summed E-state index contributed by atoms with van der Waals surface area (Å²) in [4.78, 5) is 23.8. The molecule has 1 N–H and O–H groups in total. The summed E-state index contributed by atoms with van der Waals surface area (Å²) in [7, 11) is 0. The van der Waals surface area contributed by atoms with Crippen LogP contribution < -0.4 is 5.32 Å². The second-order valence-electron chi connectivity index (χ2n) is 4.95. The van der Waals surface area contributed by atoms with Gasteiger partial charge in [-0.2, -0.15) is 0 Å². The van der Waals surface area contributed by atoms with Gasteiger partial charge in [0.2, 0.25) is 5.91 Å². The van der Waals surface area contributed by atoms with Gasteiger partial charge in [-0.15, -0.1) is 0 Å². The van der Waals surface area contributed by atoms with Crippen LogP contribution in [0.1, 0.15) is 28.4 Å². The van der Waals surface area contributed by atoms with Crippen molar-refractivity contribution in [3.05, 3.63) is 65.2 Å². The van der Waals surface area contributed by atoms with Crippen LogP contribution in [-0.2, 0) is 16.0 Å². The Morgan fingerprint density at radius 1 is 1.09 bits per heavy atom. The zero-order chi connectivity index (χ0) is 15.9. The number of aryl methyl sites for hydroxylation is 1. The smallest absolute Gasteiger partial charge is 0.338 e. The van der Waals surface area contributed by atoms with Crippen LogP contribution in [0.15, 0.2) is 48.5 Å². The van der Waals surface area contributed by atoms with E-state index in [0.717, 1.165) is 11.1 Å². The first kappa shape index (κ1) is 15.8. The molecule has 0 saturated carbocycles. The minimum Gasteiger partial charge on any atom is -0.462 e. The van der Waals surface area contributed by atoms with Gasteiger partial charge in [0.1, 0.15) is 0 Å². The number of ether oxygens (including phenoxy) is 1. The number of hydrogen-bond acceptors (Lipinski definition) is 3. The molecule has 22 heavy (non-hydrogen) atoms. The molecule has 0 saturated heterocycles. The Balaban J connectivity index is 2.04. The van der Waals surface area contributed by atoms with E-state index in [0.29, 0.717) is 24.3 Å². The third-order valence-electron chi connectivity index (χ3n) is 3.27. The summed E-state index contributed by atoms with van der Waals surface area (Å²) in [5.41, 5.74) is 3.08. The molecule has 0 aromatic heterocycles. The molecular formula is C18H19NO3. The van der Waals surface area contributed by atoms with Crippen molar-refractivity contribution in [3.63, 3.8) is 0 Å². The highest BCUT2D eigenvalue weighted by Crippen LogP contribution is 2.13. The zero-order valence-electron chi connectivity index (χ0n) is 12.8. The lowest BCUT2D eigenvalue weighted by molar-refractivity contribution is -0.115. The molecule has 2 aromatic carbocycles. The number of rotatable bonds is 5. The summed E-state index contributed by atoms with van der Waals surface area (Å²) >= 11 is 0. The first-order chi connectivity index (χ1) is 10.6. The van der Waals surface area contributed by atoms with E-state index >= 15 is 0 Å². The summed E-state index contributed by atoms with van der Waals surface area (Å²) in [6.07, 6.45) is 0.302. The molecule has 4 nitrogen and oxygen atoms in total. The van der Waals surface area contributed by atoms with Crippen molar-refractivity contribution < 1.29 is 14.3 Å². The highest BCUT2D eigenvalue weighted by Gasteiger charge is 2.09. The van der Waals surface area contributed by atoms with Crippen LogP contribution in [0.5, 0.6) is 0 Å². The maximum atomic E-state index is 12.1. The number of benzene rings is 2. The van der Waals surface area contributed by atoms with Crippen molar-refractivity contribution in [1.29, 1.82) is 0 Å². The predicted molar refractivity (Wildman–Crippen MR) is 85.9 cm³/mol. The molecule has 0 heterocycles.